The van der Waals surface area contributed by atoms with Crippen molar-refractivity contribution in [2.75, 3.05) is 30.5 Å². The van der Waals surface area contributed by atoms with E-state index in [1.807, 2.05) is 50.2 Å². The lowest BCUT2D eigenvalue weighted by Gasteiger charge is -2.28. The number of urea groups is 1. The van der Waals surface area contributed by atoms with Crippen molar-refractivity contribution >= 4 is 31.6 Å². The summed E-state index contributed by atoms with van der Waals surface area (Å²) in [5.41, 5.74) is 2.65. The fourth-order valence-electron chi connectivity index (χ4n) is 3.43. The minimum absolute atomic E-state index is 0.0221. The van der Waals surface area contributed by atoms with Gasteiger partial charge in [-0.1, -0.05) is 29.8 Å². The van der Waals surface area contributed by atoms with Crippen LogP contribution in [0.2, 0.25) is 0 Å². The molecule has 1 N–H and O–H groups in total. The summed E-state index contributed by atoms with van der Waals surface area (Å²) in [6, 6.07) is 12.2. The van der Waals surface area contributed by atoms with Gasteiger partial charge in [-0.25, -0.2) is 26.4 Å². The molecule has 0 aromatic heterocycles. The van der Waals surface area contributed by atoms with E-state index in [-0.39, 0.29) is 29.4 Å². The van der Waals surface area contributed by atoms with Gasteiger partial charge in [-0.2, -0.15) is 0 Å². The van der Waals surface area contributed by atoms with Crippen LogP contribution in [0.1, 0.15) is 17.5 Å². The molecule has 2 aromatic carbocycles. The third kappa shape index (κ3) is 5.76. The zero-order chi connectivity index (χ0) is 22.8. The second kappa shape index (κ2) is 8.88. The van der Waals surface area contributed by atoms with E-state index >= 15 is 0 Å². The summed E-state index contributed by atoms with van der Waals surface area (Å²) in [7, 11) is -3.53. The average Bonchev–Trinajstić information content (AvgIpc) is 3.05. The molecular formula is C21H27N3O5S2. The first-order valence-corrected chi connectivity index (χ1v) is 13.1. The molecule has 1 heterocycles. The molecule has 0 aliphatic carbocycles. The summed E-state index contributed by atoms with van der Waals surface area (Å²) in [5, 5.41) is 0. The Morgan fingerprint density at radius 1 is 1.06 bits per heavy atom. The first-order valence-electron chi connectivity index (χ1n) is 9.84. The fourth-order valence-corrected chi connectivity index (χ4v) is 6.12. The van der Waals surface area contributed by atoms with Crippen LogP contribution in [0.4, 0.5) is 10.5 Å². The van der Waals surface area contributed by atoms with Gasteiger partial charge in [0.15, 0.2) is 9.84 Å². The van der Waals surface area contributed by atoms with E-state index in [0.29, 0.717) is 0 Å². The molecule has 1 aliphatic rings. The maximum absolute atomic E-state index is 13.0. The standard InChI is InChI=1S/C21H27N3O5S2/c1-16-4-10-20(11-5-16)31(28,29)22-21(25)24(19-12-13-30(26,27)15-19)14-17-6-8-18(9-7-17)23(2)3/h4-11,19H,12-15H2,1-3H3,(H,22,25). The minimum atomic E-state index is -4.09. The van der Waals surface area contributed by atoms with E-state index in [4.69, 9.17) is 0 Å². The first-order chi connectivity index (χ1) is 14.5. The Morgan fingerprint density at radius 3 is 2.19 bits per heavy atom. The number of amides is 2. The molecular weight excluding hydrogens is 438 g/mol. The van der Waals surface area contributed by atoms with Crippen LogP contribution in [0.5, 0.6) is 0 Å². The van der Waals surface area contributed by atoms with Crippen molar-refractivity contribution in [3.05, 3.63) is 59.7 Å². The summed E-state index contributed by atoms with van der Waals surface area (Å²) in [6.07, 6.45) is 0.274. The van der Waals surface area contributed by atoms with Crippen LogP contribution in [-0.4, -0.2) is 59.4 Å². The monoisotopic (exact) mass is 465 g/mol. The molecule has 10 heteroatoms. The Hall–Kier alpha value is -2.59. The molecule has 0 spiro atoms. The lowest BCUT2D eigenvalue weighted by molar-refractivity contribution is 0.182. The molecule has 1 saturated heterocycles. The van der Waals surface area contributed by atoms with E-state index in [1.54, 1.807) is 12.1 Å². The number of anilines is 1. The molecule has 3 rings (SSSR count). The molecule has 1 unspecified atom stereocenters. The van der Waals surface area contributed by atoms with Crippen LogP contribution in [0.15, 0.2) is 53.4 Å². The number of aryl methyl sites for hydroxylation is 1. The van der Waals surface area contributed by atoms with Gasteiger partial charge in [0.05, 0.1) is 16.4 Å². The van der Waals surface area contributed by atoms with Gasteiger partial charge in [-0.15, -0.1) is 0 Å². The van der Waals surface area contributed by atoms with E-state index < -0.39 is 31.9 Å². The summed E-state index contributed by atoms with van der Waals surface area (Å²) in [5.74, 6) is -0.202. The smallest absolute Gasteiger partial charge is 0.331 e. The van der Waals surface area contributed by atoms with Gasteiger partial charge in [0.2, 0.25) is 0 Å². The lowest BCUT2D eigenvalue weighted by atomic mass is 10.1. The molecule has 1 atom stereocenters. The summed E-state index contributed by atoms with van der Waals surface area (Å²) >= 11 is 0. The largest absolute Gasteiger partial charge is 0.378 e. The van der Waals surface area contributed by atoms with Gasteiger partial charge < -0.3 is 9.80 Å². The van der Waals surface area contributed by atoms with Crippen molar-refractivity contribution in [3.63, 3.8) is 0 Å². The fraction of sp³-hybridized carbons (Fsp3) is 0.381. The van der Waals surface area contributed by atoms with Gasteiger partial charge in [0.25, 0.3) is 10.0 Å². The number of nitrogens with one attached hydrogen (secondary N) is 1. The molecule has 2 aromatic rings. The third-order valence-corrected chi connectivity index (χ3v) is 8.36. The molecule has 0 saturated carbocycles. The van der Waals surface area contributed by atoms with Gasteiger partial charge in [0, 0.05) is 32.4 Å². The van der Waals surface area contributed by atoms with Crippen molar-refractivity contribution in [1.29, 1.82) is 0 Å². The Morgan fingerprint density at radius 2 is 1.68 bits per heavy atom. The first kappa shape index (κ1) is 23.1. The molecule has 2 amide bonds. The maximum Gasteiger partial charge on any atom is 0.331 e. The van der Waals surface area contributed by atoms with Gasteiger partial charge in [0.1, 0.15) is 0 Å². The summed E-state index contributed by atoms with van der Waals surface area (Å²) in [6.45, 7) is 1.93. The predicted molar refractivity (Wildman–Crippen MR) is 120 cm³/mol. The van der Waals surface area contributed by atoms with Gasteiger partial charge in [-0.05, 0) is 43.2 Å². The van der Waals surface area contributed by atoms with Crippen molar-refractivity contribution in [3.8, 4) is 0 Å². The number of sulfonamides is 1. The van der Waals surface area contributed by atoms with E-state index in [2.05, 4.69) is 4.72 Å². The zero-order valence-corrected chi connectivity index (χ0v) is 19.4. The normalized spacial score (nSPS) is 17.8. The number of carbonyl (C=O) groups excluding carboxylic acids is 1. The molecule has 168 valence electrons. The third-order valence-electron chi connectivity index (χ3n) is 5.27. The van der Waals surface area contributed by atoms with Crippen LogP contribution < -0.4 is 9.62 Å². The molecule has 1 fully saturated rings. The molecule has 1 aliphatic heterocycles. The number of hydrogen-bond donors (Lipinski definition) is 1. The zero-order valence-electron chi connectivity index (χ0n) is 17.8. The number of rotatable bonds is 6. The Kier molecular flexibility index (Phi) is 6.61. The minimum Gasteiger partial charge on any atom is -0.378 e. The van der Waals surface area contributed by atoms with Crippen LogP contribution in [0.3, 0.4) is 0 Å². The number of benzene rings is 2. The molecule has 8 nitrogen and oxygen atoms in total. The second-order valence-electron chi connectivity index (χ2n) is 7.97. The van der Waals surface area contributed by atoms with Crippen molar-refractivity contribution in [2.45, 2.75) is 30.8 Å². The predicted octanol–water partition coefficient (Wildman–Crippen LogP) is 2.15. The topological polar surface area (TPSA) is 104 Å². The molecule has 0 radical (unpaired) electrons. The number of nitrogens with zero attached hydrogens (tertiary/aromatic N) is 2. The van der Waals surface area contributed by atoms with Crippen molar-refractivity contribution < 1.29 is 21.6 Å². The summed E-state index contributed by atoms with van der Waals surface area (Å²) < 4.78 is 51.5. The van der Waals surface area contributed by atoms with Crippen LogP contribution in [0, 0.1) is 6.92 Å². The quantitative estimate of drug-likeness (QED) is 0.701. The van der Waals surface area contributed by atoms with E-state index in [9.17, 15) is 21.6 Å². The van der Waals surface area contributed by atoms with Crippen LogP contribution >= 0.6 is 0 Å². The average molecular weight is 466 g/mol. The SMILES string of the molecule is Cc1ccc(S(=O)(=O)NC(=O)N(Cc2ccc(N(C)C)cc2)C2CCS(=O)(=O)C2)cc1. The van der Waals surface area contributed by atoms with Gasteiger partial charge in [-0.3, -0.25) is 0 Å². The highest BCUT2D eigenvalue weighted by molar-refractivity contribution is 7.91. The second-order valence-corrected chi connectivity index (χ2v) is 11.9. The maximum atomic E-state index is 13.0. The highest BCUT2D eigenvalue weighted by Crippen LogP contribution is 2.22. The Balaban J connectivity index is 1.84. The van der Waals surface area contributed by atoms with Crippen molar-refractivity contribution in [2.24, 2.45) is 0 Å². The van der Waals surface area contributed by atoms with E-state index in [1.165, 1.54) is 17.0 Å². The number of hydrogen-bond acceptors (Lipinski definition) is 6. The molecule has 0 bridgehead atoms. The number of sulfone groups is 1. The van der Waals surface area contributed by atoms with Crippen LogP contribution in [-0.2, 0) is 26.4 Å². The highest BCUT2D eigenvalue weighted by atomic mass is 32.2. The lowest BCUT2D eigenvalue weighted by Crippen LogP contribution is -2.48. The Bertz CT molecular complexity index is 1140. The Labute approximate surface area is 183 Å². The number of carbonyl (C=O) groups is 1. The van der Waals surface area contributed by atoms with Crippen molar-refractivity contribution in [1.82, 2.24) is 9.62 Å². The molecule has 31 heavy (non-hydrogen) atoms. The van der Waals surface area contributed by atoms with Gasteiger partial charge >= 0.3 is 6.03 Å². The highest BCUT2D eigenvalue weighted by Gasteiger charge is 2.36. The van der Waals surface area contributed by atoms with Crippen LogP contribution in [0.25, 0.3) is 0 Å². The van der Waals surface area contributed by atoms with E-state index in [0.717, 1.165) is 16.8 Å². The summed E-state index contributed by atoms with van der Waals surface area (Å²) in [4.78, 5) is 16.2.